The van der Waals surface area contributed by atoms with Crippen molar-refractivity contribution in [2.24, 2.45) is 0 Å². The van der Waals surface area contributed by atoms with Crippen LogP contribution >= 0.6 is 0 Å². The lowest BCUT2D eigenvalue weighted by Crippen LogP contribution is -2.38. The number of carbonyl (C=O) groups is 1. The van der Waals surface area contributed by atoms with E-state index in [4.69, 9.17) is 0 Å². The first-order chi connectivity index (χ1) is 14.3. The number of aryl methyl sites for hydroxylation is 3. The number of benzene rings is 3. The van der Waals surface area contributed by atoms with Gasteiger partial charge in [-0.2, -0.15) is 0 Å². The standard InChI is InChI=1S/C24H26N2O3S/c1-4-20-10-12-21(13-11-20)25-24(27)17-26(22-7-5-6-19(3)16-22)30(28,29)23-14-8-18(2)9-15-23/h5-16H,4,17H2,1-3H3,(H,25,27). The van der Waals surface area contributed by atoms with E-state index in [1.54, 1.807) is 42.5 Å². The van der Waals surface area contributed by atoms with Crippen LogP contribution in [-0.4, -0.2) is 20.9 Å². The molecule has 0 aliphatic rings. The summed E-state index contributed by atoms with van der Waals surface area (Å²) in [6.45, 7) is 5.51. The summed E-state index contributed by atoms with van der Waals surface area (Å²) in [6.07, 6.45) is 0.907. The van der Waals surface area contributed by atoms with Crippen LogP contribution in [0.2, 0.25) is 0 Å². The highest BCUT2D eigenvalue weighted by molar-refractivity contribution is 7.92. The van der Waals surface area contributed by atoms with E-state index in [0.29, 0.717) is 11.4 Å². The molecular weight excluding hydrogens is 396 g/mol. The lowest BCUT2D eigenvalue weighted by atomic mass is 10.1. The van der Waals surface area contributed by atoms with Gasteiger partial charge in [-0.05, 0) is 67.8 Å². The van der Waals surface area contributed by atoms with E-state index in [2.05, 4.69) is 12.2 Å². The first-order valence-corrected chi connectivity index (χ1v) is 11.3. The SMILES string of the molecule is CCc1ccc(NC(=O)CN(c2cccc(C)c2)S(=O)(=O)c2ccc(C)cc2)cc1. The Morgan fingerprint density at radius 2 is 1.57 bits per heavy atom. The maximum Gasteiger partial charge on any atom is 0.264 e. The third-order valence-corrected chi connectivity index (χ3v) is 6.62. The summed E-state index contributed by atoms with van der Waals surface area (Å²) in [5.41, 5.74) is 4.12. The predicted octanol–water partition coefficient (Wildman–Crippen LogP) is 4.70. The van der Waals surface area contributed by atoms with Gasteiger partial charge in [0.1, 0.15) is 6.54 Å². The summed E-state index contributed by atoms with van der Waals surface area (Å²) in [6, 6.07) is 21.3. The molecule has 3 aromatic rings. The Bertz CT molecular complexity index is 1120. The Labute approximate surface area is 178 Å². The Morgan fingerprint density at radius 1 is 0.900 bits per heavy atom. The zero-order chi connectivity index (χ0) is 21.7. The summed E-state index contributed by atoms with van der Waals surface area (Å²) < 4.78 is 27.9. The topological polar surface area (TPSA) is 66.5 Å². The monoisotopic (exact) mass is 422 g/mol. The van der Waals surface area contributed by atoms with Crippen molar-refractivity contribution >= 4 is 27.3 Å². The molecule has 0 fully saturated rings. The Hall–Kier alpha value is -3.12. The maximum absolute atomic E-state index is 13.4. The molecule has 1 N–H and O–H groups in total. The molecule has 6 heteroatoms. The second-order valence-electron chi connectivity index (χ2n) is 7.26. The minimum Gasteiger partial charge on any atom is -0.325 e. The minimum atomic E-state index is -3.91. The molecule has 0 heterocycles. The van der Waals surface area contributed by atoms with Crippen LogP contribution in [0, 0.1) is 13.8 Å². The number of anilines is 2. The Kier molecular flexibility index (Phi) is 6.57. The van der Waals surface area contributed by atoms with Crippen LogP contribution < -0.4 is 9.62 Å². The van der Waals surface area contributed by atoms with Crippen molar-refractivity contribution in [1.29, 1.82) is 0 Å². The molecule has 3 aromatic carbocycles. The van der Waals surface area contributed by atoms with Gasteiger partial charge in [0.2, 0.25) is 5.91 Å². The number of carbonyl (C=O) groups excluding carboxylic acids is 1. The smallest absolute Gasteiger partial charge is 0.264 e. The van der Waals surface area contributed by atoms with Gasteiger partial charge in [-0.15, -0.1) is 0 Å². The van der Waals surface area contributed by atoms with Gasteiger partial charge in [0.15, 0.2) is 0 Å². The molecule has 0 radical (unpaired) electrons. The average molecular weight is 423 g/mol. The van der Waals surface area contributed by atoms with Crippen molar-refractivity contribution in [1.82, 2.24) is 0 Å². The highest BCUT2D eigenvalue weighted by Crippen LogP contribution is 2.25. The maximum atomic E-state index is 13.4. The number of hydrogen-bond acceptors (Lipinski definition) is 3. The summed E-state index contributed by atoms with van der Waals surface area (Å²) in [4.78, 5) is 12.9. The first kappa shape index (κ1) is 21.6. The summed E-state index contributed by atoms with van der Waals surface area (Å²) in [7, 11) is -3.91. The van der Waals surface area contributed by atoms with Crippen LogP contribution in [0.4, 0.5) is 11.4 Å². The van der Waals surface area contributed by atoms with Gasteiger partial charge in [-0.3, -0.25) is 9.10 Å². The molecular formula is C24H26N2O3S. The molecule has 3 rings (SSSR count). The number of rotatable bonds is 7. The molecule has 0 aliphatic carbocycles. The van der Waals surface area contributed by atoms with Crippen molar-refractivity contribution in [3.05, 3.63) is 89.5 Å². The number of hydrogen-bond donors (Lipinski definition) is 1. The molecule has 30 heavy (non-hydrogen) atoms. The van der Waals surface area contributed by atoms with Crippen LogP contribution in [0.15, 0.2) is 77.7 Å². The molecule has 0 unspecified atom stereocenters. The van der Waals surface area contributed by atoms with Gasteiger partial charge < -0.3 is 5.32 Å². The predicted molar refractivity (Wildman–Crippen MR) is 121 cm³/mol. The summed E-state index contributed by atoms with van der Waals surface area (Å²) in [5.74, 6) is -0.406. The van der Waals surface area contributed by atoms with Gasteiger partial charge in [0.25, 0.3) is 10.0 Å². The van der Waals surface area contributed by atoms with E-state index >= 15 is 0 Å². The van der Waals surface area contributed by atoms with E-state index in [-0.39, 0.29) is 11.4 Å². The van der Waals surface area contributed by atoms with Gasteiger partial charge in [0.05, 0.1) is 10.6 Å². The fourth-order valence-corrected chi connectivity index (χ4v) is 4.50. The molecule has 0 spiro atoms. The molecule has 0 atom stereocenters. The number of nitrogens with one attached hydrogen (secondary N) is 1. The third-order valence-electron chi connectivity index (χ3n) is 4.83. The van der Waals surface area contributed by atoms with Crippen molar-refractivity contribution in [3.63, 3.8) is 0 Å². The second kappa shape index (κ2) is 9.13. The number of amides is 1. The van der Waals surface area contributed by atoms with Crippen LogP contribution in [-0.2, 0) is 21.2 Å². The highest BCUT2D eigenvalue weighted by Gasteiger charge is 2.27. The highest BCUT2D eigenvalue weighted by atomic mass is 32.2. The largest absolute Gasteiger partial charge is 0.325 e. The van der Waals surface area contributed by atoms with Gasteiger partial charge in [0, 0.05) is 5.69 Å². The normalized spacial score (nSPS) is 11.2. The van der Waals surface area contributed by atoms with E-state index in [1.807, 2.05) is 44.2 Å². The second-order valence-corrected chi connectivity index (χ2v) is 9.12. The fourth-order valence-electron chi connectivity index (χ4n) is 3.09. The third kappa shape index (κ3) is 5.07. The summed E-state index contributed by atoms with van der Waals surface area (Å²) >= 11 is 0. The molecule has 0 bridgehead atoms. The van der Waals surface area contributed by atoms with Gasteiger partial charge >= 0.3 is 0 Å². The van der Waals surface area contributed by atoms with Crippen molar-refractivity contribution in [2.75, 3.05) is 16.2 Å². The van der Waals surface area contributed by atoms with E-state index < -0.39 is 15.9 Å². The van der Waals surface area contributed by atoms with E-state index in [9.17, 15) is 13.2 Å². The average Bonchev–Trinajstić information content (AvgIpc) is 2.73. The minimum absolute atomic E-state index is 0.148. The fraction of sp³-hybridized carbons (Fsp3) is 0.208. The molecule has 0 aromatic heterocycles. The van der Waals surface area contributed by atoms with Crippen LogP contribution in [0.1, 0.15) is 23.6 Å². The van der Waals surface area contributed by atoms with E-state index in [1.165, 1.54) is 0 Å². The molecule has 5 nitrogen and oxygen atoms in total. The quantitative estimate of drug-likeness (QED) is 0.600. The lowest BCUT2D eigenvalue weighted by Gasteiger charge is -2.24. The van der Waals surface area contributed by atoms with Gasteiger partial charge in [-0.1, -0.05) is 48.9 Å². The summed E-state index contributed by atoms with van der Waals surface area (Å²) in [5, 5.41) is 2.80. The van der Waals surface area contributed by atoms with Crippen molar-refractivity contribution in [3.8, 4) is 0 Å². The van der Waals surface area contributed by atoms with Gasteiger partial charge in [-0.25, -0.2) is 8.42 Å². The molecule has 156 valence electrons. The van der Waals surface area contributed by atoms with Crippen molar-refractivity contribution in [2.45, 2.75) is 32.1 Å². The van der Waals surface area contributed by atoms with E-state index in [0.717, 1.165) is 27.4 Å². The molecule has 1 amide bonds. The molecule has 0 saturated carbocycles. The Morgan fingerprint density at radius 3 is 2.17 bits per heavy atom. The van der Waals surface area contributed by atoms with Crippen LogP contribution in [0.25, 0.3) is 0 Å². The van der Waals surface area contributed by atoms with Crippen LogP contribution in [0.3, 0.4) is 0 Å². The first-order valence-electron chi connectivity index (χ1n) is 9.84. The van der Waals surface area contributed by atoms with Crippen molar-refractivity contribution < 1.29 is 13.2 Å². The molecule has 0 aliphatic heterocycles. The Balaban J connectivity index is 1.91. The molecule has 0 saturated heterocycles. The lowest BCUT2D eigenvalue weighted by molar-refractivity contribution is -0.114. The number of sulfonamides is 1. The zero-order valence-corrected chi connectivity index (χ0v) is 18.2. The number of nitrogens with zero attached hydrogens (tertiary/aromatic N) is 1. The van der Waals surface area contributed by atoms with Crippen LogP contribution in [0.5, 0.6) is 0 Å². The zero-order valence-electron chi connectivity index (χ0n) is 17.4.